The number of ether oxygens (including phenoxy) is 1. The number of nitrogen functional groups attached to an aromatic ring is 1. The quantitative estimate of drug-likeness (QED) is 0.536. The van der Waals surface area contributed by atoms with Gasteiger partial charge in [0.25, 0.3) is 0 Å². The number of aromatic hydroxyl groups is 1. The average Bonchev–Trinajstić information content (AvgIpc) is 3.00. The zero-order valence-electron chi connectivity index (χ0n) is 16.2. The third-order valence-electron chi connectivity index (χ3n) is 4.39. The highest BCUT2D eigenvalue weighted by Gasteiger charge is 2.23. The zero-order chi connectivity index (χ0) is 21.3. The number of hydrogen-bond acceptors (Lipinski definition) is 7. The van der Waals surface area contributed by atoms with E-state index in [1.54, 1.807) is 19.2 Å². The van der Waals surface area contributed by atoms with Crippen LogP contribution in [-0.2, 0) is 11.3 Å². The Morgan fingerprint density at radius 1 is 1.41 bits per heavy atom. The lowest BCUT2D eigenvalue weighted by molar-refractivity contribution is 0.0529. The fourth-order valence-electron chi connectivity index (χ4n) is 2.93. The highest BCUT2D eigenvalue weighted by molar-refractivity contribution is 9.10. The molecular formula is C19H21BrFN5O3. The van der Waals surface area contributed by atoms with Crippen molar-refractivity contribution >= 4 is 39.2 Å². The number of carbonyl (C=O) groups excluding carboxylic acids is 1. The van der Waals surface area contributed by atoms with Crippen molar-refractivity contribution in [2.45, 2.75) is 33.4 Å². The first-order chi connectivity index (χ1) is 13.7. The molecule has 3 rings (SSSR count). The van der Waals surface area contributed by atoms with E-state index in [0.717, 1.165) is 0 Å². The molecule has 3 aromatic rings. The SMILES string of the molecule is CCOC(=O)c1c(N)nn2ccc(N(Cc3c(O)ccc(F)c3Br)C(C)C)nc12. The number of esters is 1. The van der Waals surface area contributed by atoms with E-state index >= 15 is 0 Å². The van der Waals surface area contributed by atoms with Crippen LogP contribution in [0.5, 0.6) is 5.75 Å². The molecular weight excluding hydrogens is 445 g/mol. The van der Waals surface area contributed by atoms with Crippen LogP contribution in [0.2, 0.25) is 0 Å². The number of phenols is 1. The third kappa shape index (κ3) is 3.98. The Morgan fingerprint density at radius 2 is 2.14 bits per heavy atom. The molecule has 0 unspecified atom stereocenters. The Morgan fingerprint density at radius 3 is 2.79 bits per heavy atom. The first kappa shape index (κ1) is 20.8. The van der Waals surface area contributed by atoms with Gasteiger partial charge in [-0.2, -0.15) is 0 Å². The van der Waals surface area contributed by atoms with Gasteiger partial charge in [-0.25, -0.2) is 18.7 Å². The standard InChI is InChI=1S/C19H21BrFN5O3/c1-4-29-19(28)15-17(22)24-26-8-7-14(23-18(15)26)25(10(2)3)9-11-13(27)6-5-12(21)16(11)20/h5-8,10,27H,4,9H2,1-3H3,(H2,22,24). The van der Waals surface area contributed by atoms with Gasteiger partial charge in [0, 0.05) is 24.3 Å². The van der Waals surface area contributed by atoms with Crippen molar-refractivity contribution in [2.24, 2.45) is 0 Å². The van der Waals surface area contributed by atoms with Crippen LogP contribution in [0.15, 0.2) is 28.9 Å². The maximum absolute atomic E-state index is 14.0. The van der Waals surface area contributed by atoms with Crippen LogP contribution in [-0.4, -0.2) is 38.3 Å². The predicted octanol–water partition coefficient (Wildman–Crippen LogP) is 3.51. The molecule has 3 N–H and O–H groups in total. The number of nitrogens with two attached hydrogens (primary N) is 1. The summed E-state index contributed by atoms with van der Waals surface area (Å²) in [5, 5.41) is 14.3. The molecule has 10 heteroatoms. The number of phenolic OH excluding ortho intramolecular Hbond substituents is 1. The molecule has 0 spiro atoms. The number of halogens is 2. The molecule has 0 amide bonds. The third-order valence-corrected chi connectivity index (χ3v) is 5.25. The summed E-state index contributed by atoms with van der Waals surface area (Å²) < 4.78 is 20.6. The fourth-order valence-corrected chi connectivity index (χ4v) is 3.39. The molecule has 0 bridgehead atoms. The number of hydrogen-bond donors (Lipinski definition) is 2. The molecule has 2 aromatic heterocycles. The second kappa shape index (κ2) is 8.24. The van der Waals surface area contributed by atoms with Crippen LogP contribution >= 0.6 is 15.9 Å². The molecule has 0 aliphatic carbocycles. The van der Waals surface area contributed by atoms with E-state index in [-0.39, 0.29) is 46.4 Å². The summed E-state index contributed by atoms with van der Waals surface area (Å²) in [7, 11) is 0. The molecule has 0 saturated carbocycles. The number of benzene rings is 1. The van der Waals surface area contributed by atoms with Crippen molar-refractivity contribution in [1.82, 2.24) is 14.6 Å². The molecule has 0 aliphatic heterocycles. The van der Waals surface area contributed by atoms with E-state index in [1.165, 1.54) is 16.6 Å². The van der Waals surface area contributed by atoms with Crippen LogP contribution in [0, 0.1) is 5.82 Å². The number of nitrogens with zero attached hydrogens (tertiary/aromatic N) is 4. The second-order valence-electron chi connectivity index (χ2n) is 6.62. The van der Waals surface area contributed by atoms with E-state index in [2.05, 4.69) is 26.0 Å². The molecule has 154 valence electrons. The number of rotatable bonds is 6. The van der Waals surface area contributed by atoms with Crippen LogP contribution in [0.4, 0.5) is 16.0 Å². The molecule has 0 saturated heterocycles. The first-order valence-corrected chi connectivity index (χ1v) is 9.78. The fraction of sp³-hybridized carbons (Fsp3) is 0.316. The highest BCUT2D eigenvalue weighted by Crippen LogP contribution is 2.32. The highest BCUT2D eigenvalue weighted by atomic mass is 79.9. The Bertz CT molecular complexity index is 1070. The molecule has 1 aromatic carbocycles. The number of fused-ring (bicyclic) bond motifs is 1. The van der Waals surface area contributed by atoms with Gasteiger partial charge in [0.1, 0.15) is 22.9 Å². The molecule has 0 fully saturated rings. The van der Waals surface area contributed by atoms with E-state index < -0.39 is 11.8 Å². The molecule has 2 heterocycles. The topological polar surface area (TPSA) is 106 Å². The largest absolute Gasteiger partial charge is 0.508 e. The lowest BCUT2D eigenvalue weighted by Crippen LogP contribution is -2.31. The normalized spacial score (nSPS) is 11.2. The van der Waals surface area contributed by atoms with Gasteiger partial charge >= 0.3 is 5.97 Å². The maximum atomic E-state index is 14.0. The second-order valence-corrected chi connectivity index (χ2v) is 7.41. The van der Waals surface area contributed by atoms with Gasteiger partial charge in [-0.05, 0) is 54.9 Å². The number of carbonyl (C=O) groups is 1. The summed E-state index contributed by atoms with van der Waals surface area (Å²) in [4.78, 5) is 18.7. The van der Waals surface area contributed by atoms with Crippen molar-refractivity contribution in [3.05, 3.63) is 45.8 Å². The van der Waals surface area contributed by atoms with Gasteiger partial charge in [-0.15, -0.1) is 5.10 Å². The van der Waals surface area contributed by atoms with E-state index in [4.69, 9.17) is 10.5 Å². The zero-order valence-corrected chi connectivity index (χ0v) is 17.8. The molecule has 0 aliphatic rings. The Hall–Kier alpha value is -2.88. The van der Waals surface area contributed by atoms with E-state index in [9.17, 15) is 14.3 Å². The molecule has 0 radical (unpaired) electrons. The van der Waals surface area contributed by atoms with Gasteiger partial charge in [0.05, 0.1) is 11.1 Å². The Balaban J connectivity index is 2.08. The minimum Gasteiger partial charge on any atom is -0.508 e. The van der Waals surface area contributed by atoms with E-state index in [1.807, 2.05) is 18.7 Å². The summed E-state index contributed by atoms with van der Waals surface area (Å²) >= 11 is 3.20. The smallest absolute Gasteiger partial charge is 0.345 e. The number of aromatic nitrogens is 3. The molecule has 29 heavy (non-hydrogen) atoms. The van der Waals surface area contributed by atoms with Gasteiger partial charge in [0.15, 0.2) is 11.5 Å². The van der Waals surface area contributed by atoms with Gasteiger partial charge in [0.2, 0.25) is 0 Å². The summed E-state index contributed by atoms with van der Waals surface area (Å²) in [5.74, 6) is -0.585. The first-order valence-electron chi connectivity index (χ1n) is 8.99. The van der Waals surface area contributed by atoms with Gasteiger partial charge in [-0.3, -0.25) is 0 Å². The summed E-state index contributed by atoms with van der Waals surface area (Å²) in [6.45, 7) is 5.95. The van der Waals surface area contributed by atoms with Crippen molar-refractivity contribution in [3.8, 4) is 5.75 Å². The summed E-state index contributed by atoms with van der Waals surface area (Å²) in [5.41, 5.74) is 6.62. The van der Waals surface area contributed by atoms with Crippen molar-refractivity contribution in [3.63, 3.8) is 0 Å². The monoisotopic (exact) mass is 465 g/mol. The van der Waals surface area contributed by atoms with Crippen LogP contribution in [0.3, 0.4) is 0 Å². The molecule has 0 atom stereocenters. The minimum absolute atomic E-state index is 0.0229. The maximum Gasteiger partial charge on any atom is 0.345 e. The summed E-state index contributed by atoms with van der Waals surface area (Å²) in [6, 6.07) is 4.15. The van der Waals surface area contributed by atoms with Crippen molar-refractivity contribution in [2.75, 3.05) is 17.2 Å². The van der Waals surface area contributed by atoms with Gasteiger partial charge < -0.3 is 20.5 Å². The van der Waals surface area contributed by atoms with Crippen LogP contribution in [0.1, 0.15) is 36.7 Å². The number of anilines is 2. The van der Waals surface area contributed by atoms with E-state index in [0.29, 0.717) is 11.4 Å². The lowest BCUT2D eigenvalue weighted by atomic mass is 10.1. The van der Waals surface area contributed by atoms with Crippen molar-refractivity contribution < 1.29 is 19.0 Å². The predicted molar refractivity (Wildman–Crippen MR) is 110 cm³/mol. The minimum atomic E-state index is -0.605. The van der Waals surface area contributed by atoms with Gasteiger partial charge in [-0.1, -0.05) is 0 Å². The van der Waals surface area contributed by atoms with Crippen molar-refractivity contribution in [1.29, 1.82) is 0 Å². The summed E-state index contributed by atoms with van der Waals surface area (Å²) in [6.07, 6.45) is 1.63. The average molecular weight is 466 g/mol. The van der Waals surface area contributed by atoms with Crippen LogP contribution in [0.25, 0.3) is 5.65 Å². The Labute approximate surface area is 175 Å². The molecule has 8 nitrogen and oxygen atoms in total. The lowest BCUT2D eigenvalue weighted by Gasteiger charge is -2.28. The van der Waals surface area contributed by atoms with Crippen LogP contribution < -0.4 is 10.6 Å². The Kier molecular flexibility index (Phi) is 5.92.